The molecule has 7 nitrogen and oxygen atoms in total. The Morgan fingerprint density at radius 2 is 1.69 bits per heavy atom. The van der Waals surface area contributed by atoms with Gasteiger partial charge in [0.15, 0.2) is 11.5 Å². The molecule has 0 saturated carbocycles. The fourth-order valence-electron chi connectivity index (χ4n) is 4.33. The van der Waals surface area contributed by atoms with Gasteiger partial charge in [-0.05, 0) is 44.9 Å². The highest BCUT2D eigenvalue weighted by atomic mass is 15.9. The fourth-order valence-corrected chi connectivity index (χ4v) is 4.33. The van der Waals surface area contributed by atoms with Gasteiger partial charge in [-0.3, -0.25) is 9.99 Å². The number of para-hydroxylation sites is 1. The summed E-state index contributed by atoms with van der Waals surface area (Å²) in [5, 5.41) is 5.24. The highest BCUT2D eigenvalue weighted by Gasteiger charge is 2.25. The molecule has 146 valence electrons. The van der Waals surface area contributed by atoms with Crippen LogP contribution in [0.5, 0.6) is 0 Å². The van der Waals surface area contributed by atoms with Gasteiger partial charge >= 0.3 is 0 Å². The van der Waals surface area contributed by atoms with Crippen LogP contribution in [0.1, 0.15) is 22.5 Å². The number of aryl methyl sites for hydroxylation is 4. The summed E-state index contributed by atoms with van der Waals surface area (Å²) in [4.78, 5) is 9.60. The number of hydrogen-bond donors (Lipinski definition) is 2. The van der Waals surface area contributed by atoms with Crippen LogP contribution in [-0.4, -0.2) is 19.7 Å². The largest absolute Gasteiger partial charge is 0.293 e. The van der Waals surface area contributed by atoms with Crippen molar-refractivity contribution in [3.8, 4) is 5.69 Å². The summed E-state index contributed by atoms with van der Waals surface area (Å²) in [5.74, 6) is 7.52. The summed E-state index contributed by atoms with van der Waals surface area (Å²) in [6.07, 6.45) is 3.52. The predicted octanol–water partition coefficient (Wildman–Crippen LogP) is 3.69. The number of fused-ring (bicyclic) bond motifs is 3. The van der Waals surface area contributed by atoms with Gasteiger partial charge < -0.3 is 0 Å². The number of rotatable bonds is 2. The maximum atomic E-state index is 6.12. The standard InChI is InChI=1S/C22H23N7/c1-13-11-14(2)20(15(3)12-13)28-18-8-6-5-7-17(18)19-21(28)25-16(4)26-22(19)29-24-9-10-27(29)23/h5-12,24H,23H2,1-4H3. The van der Waals surface area contributed by atoms with Gasteiger partial charge in [0.2, 0.25) is 0 Å². The highest BCUT2D eigenvalue weighted by molar-refractivity contribution is 6.13. The van der Waals surface area contributed by atoms with E-state index < -0.39 is 0 Å². The van der Waals surface area contributed by atoms with Gasteiger partial charge in [0.25, 0.3) is 0 Å². The van der Waals surface area contributed by atoms with Crippen LogP contribution in [-0.2, 0) is 0 Å². The van der Waals surface area contributed by atoms with Crippen LogP contribution in [0.25, 0.3) is 27.6 Å². The summed E-state index contributed by atoms with van der Waals surface area (Å²) in [7, 11) is 0. The van der Waals surface area contributed by atoms with Crippen molar-refractivity contribution in [3.63, 3.8) is 0 Å². The lowest BCUT2D eigenvalue weighted by atomic mass is 10.0. The zero-order valence-electron chi connectivity index (χ0n) is 16.9. The van der Waals surface area contributed by atoms with Crippen molar-refractivity contribution < 1.29 is 0 Å². The molecule has 0 radical (unpaired) electrons. The van der Waals surface area contributed by atoms with Crippen molar-refractivity contribution in [1.82, 2.24) is 25.1 Å². The van der Waals surface area contributed by atoms with E-state index >= 15 is 0 Å². The molecule has 2 aromatic heterocycles. The molecule has 4 aromatic rings. The molecule has 0 atom stereocenters. The average molecular weight is 385 g/mol. The van der Waals surface area contributed by atoms with Crippen molar-refractivity contribution in [2.75, 3.05) is 5.12 Å². The second kappa shape index (κ2) is 6.22. The van der Waals surface area contributed by atoms with Crippen molar-refractivity contribution >= 4 is 27.8 Å². The van der Waals surface area contributed by atoms with Crippen LogP contribution in [0.4, 0.5) is 5.82 Å². The van der Waals surface area contributed by atoms with E-state index in [-0.39, 0.29) is 0 Å². The van der Waals surface area contributed by atoms with E-state index in [4.69, 9.17) is 15.8 Å². The molecule has 0 amide bonds. The molecule has 0 aliphatic carbocycles. The first-order chi connectivity index (χ1) is 14.0. The second-order valence-corrected chi connectivity index (χ2v) is 7.53. The van der Waals surface area contributed by atoms with E-state index in [1.807, 2.05) is 13.0 Å². The Morgan fingerprint density at radius 1 is 0.966 bits per heavy atom. The molecule has 3 heterocycles. The number of hydrogen-bond acceptors (Lipinski definition) is 6. The lowest BCUT2D eigenvalue weighted by molar-refractivity contribution is 0.360. The number of hydrazine groups is 3. The first-order valence-electron chi connectivity index (χ1n) is 9.58. The summed E-state index contributed by atoms with van der Waals surface area (Å²) in [6.45, 7) is 8.34. The number of benzene rings is 2. The van der Waals surface area contributed by atoms with Crippen molar-refractivity contribution in [2.24, 2.45) is 5.84 Å². The highest BCUT2D eigenvalue weighted by Crippen LogP contribution is 2.38. The third-order valence-corrected chi connectivity index (χ3v) is 5.32. The summed E-state index contributed by atoms with van der Waals surface area (Å²) in [6, 6.07) is 12.8. The van der Waals surface area contributed by atoms with Crippen molar-refractivity contribution in [2.45, 2.75) is 27.7 Å². The number of nitrogens with one attached hydrogen (secondary N) is 1. The monoisotopic (exact) mass is 385 g/mol. The van der Waals surface area contributed by atoms with Gasteiger partial charge in [-0.25, -0.2) is 20.9 Å². The molecule has 0 unspecified atom stereocenters. The quantitative estimate of drug-likeness (QED) is 0.513. The Labute approximate surface area is 169 Å². The van der Waals surface area contributed by atoms with Crippen LogP contribution in [0.3, 0.4) is 0 Å². The lowest BCUT2D eigenvalue weighted by Gasteiger charge is -2.25. The molecule has 0 saturated heterocycles. The molecule has 0 bridgehead atoms. The Balaban J connectivity index is 1.94. The zero-order valence-corrected chi connectivity index (χ0v) is 16.9. The van der Waals surface area contributed by atoms with E-state index in [1.165, 1.54) is 21.8 Å². The van der Waals surface area contributed by atoms with Gasteiger partial charge in [-0.1, -0.05) is 35.9 Å². The molecule has 2 aromatic carbocycles. The van der Waals surface area contributed by atoms with E-state index in [1.54, 1.807) is 17.5 Å². The minimum absolute atomic E-state index is 0.682. The van der Waals surface area contributed by atoms with Crippen LogP contribution in [0.2, 0.25) is 0 Å². The molecule has 7 heteroatoms. The van der Waals surface area contributed by atoms with Crippen LogP contribution >= 0.6 is 0 Å². The number of nitrogens with two attached hydrogens (primary N) is 1. The summed E-state index contributed by atoms with van der Waals surface area (Å²) in [5.41, 5.74) is 9.93. The van der Waals surface area contributed by atoms with Gasteiger partial charge in [0.1, 0.15) is 5.82 Å². The maximum Gasteiger partial charge on any atom is 0.184 e. The minimum atomic E-state index is 0.682. The fraction of sp³-hybridized carbons (Fsp3) is 0.182. The average Bonchev–Trinajstić information content (AvgIpc) is 3.22. The number of aromatic nitrogens is 3. The van der Waals surface area contributed by atoms with E-state index in [9.17, 15) is 0 Å². The number of nitrogens with zero attached hydrogens (tertiary/aromatic N) is 5. The molecule has 0 spiro atoms. The van der Waals surface area contributed by atoms with Gasteiger partial charge in [0.05, 0.1) is 22.8 Å². The molecule has 5 rings (SSSR count). The molecule has 3 N–H and O–H groups in total. The Kier molecular flexibility index (Phi) is 3.75. The van der Waals surface area contributed by atoms with Crippen molar-refractivity contribution in [1.29, 1.82) is 0 Å². The van der Waals surface area contributed by atoms with Crippen LogP contribution < -0.4 is 16.4 Å². The topological polar surface area (TPSA) is 75.2 Å². The molecular formula is C22H23N7. The SMILES string of the molecule is Cc1cc(C)c(-n2c3ccccc3c3c(N4NC=CN4N)nc(C)nc32)c(C)c1. The maximum absolute atomic E-state index is 6.12. The third-order valence-electron chi connectivity index (χ3n) is 5.32. The van der Waals surface area contributed by atoms with E-state index in [0.717, 1.165) is 33.4 Å². The smallest absolute Gasteiger partial charge is 0.184 e. The zero-order chi connectivity index (χ0) is 20.3. The summed E-state index contributed by atoms with van der Waals surface area (Å²) >= 11 is 0. The first kappa shape index (κ1) is 17.5. The minimum Gasteiger partial charge on any atom is -0.293 e. The molecule has 29 heavy (non-hydrogen) atoms. The number of anilines is 1. The van der Waals surface area contributed by atoms with Crippen molar-refractivity contribution in [3.05, 3.63) is 71.3 Å². The van der Waals surface area contributed by atoms with E-state index in [2.05, 4.69) is 61.1 Å². The van der Waals surface area contributed by atoms with Crippen LogP contribution in [0, 0.1) is 27.7 Å². The first-order valence-corrected chi connectivity index (χ1v) is 9.58. The lowest BCUT2D eigenvalue weighted by Crippen LogP contribution is -2.46. The normalized spacial score (nSPS) is 13.7. The Hall–Kier alpha value is -3.58. The Morgan fingerprint density at radius 3 is 2.38 bits per heavy atom. The Bertz CT molecular complexity index is 1280. The molecular weight excluding hydrogens is 362 g/mol. The molecule has 1 aliphatic rings. The predicted molar refractivity (Wildman–Crippen MR) is 116 cm³/mol. The van der Waals surface area contributed by atoms with Crippen LogP contribution in [0.15, 0.2) is 48.8 Å². The van der Waals surface area contributed by atoms with E-state index in [0.29, 0.717) is 5.82 Å². The molecule has 0 fully saturated rings. The second-order valence-electron chi connectivity index (χ2n) is 7.53. The van der Waals surface area contributed by atoms with Gasteiger partial charge in [-0.2, -0.15) is 5.12 Å². The molecule has 1 aliphatic heterocycles. The van der Waals surface area contributed by atoms with Gasteiger partial charge in [0, 0.05) is 11.6 Å². The van der Waals surface area contributed by atoms with Gasteiger partial charge in [-0.15, -0.1) is 0 Å². The summed E-state index contributed by atoms with van der Waals surface area (Å²) < 4.78 is 2.25. The third kappa shape index (κ3) is 2.55.